The van der Waals surface area contributed by atoms with Crippen LogP contribution in [0.2, 0.25) is 0 Å². The fourth-order valence-corrected chi connectivity index (χ4v) is 5.22. The third-order valence-electron chi connectivity index (χ3n) is 3.28. The van der Waals surface area contributed by atoms with Crippen molar-refractivity contribution in [2.45, 2.75) is 24.5 Å². The Balaban J connectivity index is 2.05. The lowest BCUT2D eigenvalue weighted by molar-refractivity contribution is -0.0541. The fourth-order valence-electron chi connectivity index (χ4n) is 2.19. The van der Waals surface area contributed by atoms with Gasteiger partial charge in [-0.25, -0.2) is 18.5 Å². The van der Waals surface area contributed by atoms with Crippen LogP contribution in [0.1, 0.15) is 6.23 Å². The van der Waals surface area contributed by atoms with E-state index in [1.54, 1.807) is 0 Å². The molecule has 0 spiro atoms. The summed E-state index contributed by atoms with van der Waals surface area (Å²) in [7, 11) is -16.7. The molecule has 0 amide bonds. The maximum absolute atomic E-state index is 11.8. The van der Waals surface area contributed by atoms with Crippen LogP contribution in [0.4, 0.5) is 5.82 Å². The predicted molar refractivity (Wildman–Crippen MR) is 88.6 cm³/mol. The maximum atomic E-state index is 11.8. The van der Waals surface area contributed by atoms with Crippen molar-refractivity contribution in [1.82, 2.24) is 9.55 Å². The van der Waals surface area contributed by atoms with Crippen molar-refractivity contribution in [3.05, 3.63) is 22.7 Å². The van der Waals surface area contributed by atoms with Gasteiger partial charge in [0.1, 0.15) is 24.1 Å². The zero-order chi connectivity index (χ0) is 22.2. The molecule has 2 rings (SSSR count). The molecule has 0 aromatic carbocycles. The molecular formula is C9H16N3O14P3. The maximum Gasteiger partial charge on any atom is 0.490 e. The van der Waals surface area contributed by atoms with Crippen LogP contribution in [0, 0.1) is 0 Å². The van der Waals surface area contributed by atoms with E-state index in [1.807, 2.05) is 0 Å². The van der Waals surface area contributed by atoms with E-state index in [9.17, 15) is 33.6 Å². The number of phosphoric ester groups is 1. The van der Waals surface area contributed by atoms with Gasteiger partial charge in [-0.15, -0.1) is 0 Å². The number of ether oxygens (including phenoxy) is 1. The van der Waals surface area contributed by atoms with Crippen molar-refractivity contribution < 1.29 is 61.4 Å². The number of aliphatic hydroxyl groups excluding tert-OH is 2. The zero-order valence-electron chi connectivity index (χ0n) is 13.9. The first kappa shape index (κ1) is 24.2. The summed E-state index contributed by atoms with van der Waals surface area (Å²) < 4.78 is 50.8. The highest BCUT2D eigenvalue weighted by molar-refractivity contribution is 7.66. The van der Waals surface area contributed by atoms with E-state index < -0.39 is 60.3 Å². The van der Waals surface area contributed by atoms with Crippen molar-refractivity contribution in [1.29, 1.82) is 0 Å². The molecule has 2 heterocycles. The van der Waals surface area contributed by atoms with Gasteiger partial charge >= 0.3 is 29.2 Å². The van der Waals surface area contributed by atoms with E-state index in [-0.39, 0.29) is 5.82 Å². The van der Waals surface area contributed by atoms with Gasteiger partial charge in [-0.1, -0.05) is 0 Å². The summed E-state index contributed by atoms with van der Waals surface area (Å²) in [5, 5.41) is 20.0. The molecule has 20 heteroatoms. The molecule has 0 saturated carbocycles. The third kappa shape index (κ3) is 6.73. The largest absolute Gasteiger partial charge is 0.490 e. The molecule has 8 N–H and O–H groups in total. The Morgan fingerprint density at radius 2 is 1.72 bits per heavy atom. The van der Waals surface area contributed by atoms with E-state index in [4.69, 9.17) is 25.2 Å². The van der Waals surface area contributed by atoms with Crippen molar-refractivity contribution in [2.24, 2.45) is 0 Å². The molecule has 0 aliphatic carbocycles. The van der Waals surface area contributed by atoms with Gasteiger partial charge in [-0.3, -0.25) is 9.09 Å². The number of nitrogens with two attached hydrogens (primary N) is 1. The summed E-state index contributed by atoms with van der Waals surface area (Å²) in [5.41, 5.74) is 4.39. The molecular weight excluding hydrogens is 467 g/mol. The summed E-state index contributed by atoms with van der Waals surface area (Å²) in [4.78, 5) is 50.5. The lowest BCUT2D eigenvalue weighted by Crippen LogP contribution is -2.36. The summed E-state index contributed by atoms with van der Waals surface area (Å²) in [6.45, 7) is -1.02. The van der Waals surface area contributed by atoms with Gasteiger partial charge < -0.3 is 40.3 Å². The average molecular weight is 483 g/mol. The van der Waals surface area contributed by atoms with Crippen LogP contribution in [0.3, 0.4) is 0 Å². The van der Waals surface area contributed by atoms with Crippen molar-refractivity contribution in [3.63, 3.8) is 0 Å². The van der Waals surface area contributed by atoms with Gasteiger partial charge in [-0.05, 0) is 6.07 Å². The first-order valence-electron chi connectivity index (χ1n) is 7.25. The van der Waals surface area contributed by atoms with Crippen molar-refractivity contribution in [3.8, 4) is 0 Å². The Morgan fingerprint density at radius 3 is 2.28 bits per heavy atom. The van der Waals surface area contributed by atoms with Crippen LogP contribution in [-0.2, 0) is 31.6 Å². The lowest BCUT2D eigenvalue weighted by Gasteiger charge is -2.19. The normalized spacial score (nSPS) is 29.3. The van der Waals surface area contributed by atoms with E-state index >= 15 is 0 Å². The number of aliphatic hydroxyl groups is 2. The highest BCUT2D eigenvalue weighted by Crippen LogP contribution is 2.66. The second-order valence-electron chi connectivity index (χ2n) is 5.48. The van der Waals surface area contributed by atoms with Crippen LogP contribution in [-0.4, -0.2) is 64.3 Å². The first-order valence-corrected chi connectivity index (χ1v) is 11.8. The van der Waals surface area contributed by atoms with Crippen LogP contribution in [0.25, 0.3) is 0 Å². The number of hydrogen-bond donors (Lipinski definition) is 7. The van der Waals surface area contributed by atoms with E-state index in [2.05, 4.69) is 18.1 Å². The molecule has 1 saturated heterocycles. The van der Waals surface area contributed by atoms with Gasteiger partial charge in [0.05, 0.1) is 6.61 Å². The minimum atomic E-state index is -5.71. The number of hydrogen-bond acceptors (Lipinski definition) is 12. The highest BCUT2D eigenvalue weighted by Gasteiger charge is 2.46. The van der Waals surface area contributed by atoms with Gasteiger partial charge in [-0.2, -0.15) is 13.6 Å². The lowest BCUT2D eigenvalue weighted by atomic mass is 10.1. The van der Waals surface area contributed by atoms with Crippen molar-refractivity contribution in [2.75, 3.05) is 12.3 Å². The smallest absolute Gasteiger partial charge is 0.387 e. The molecule has 1 aliphatic heterocycles. The van der Waals surface area contributed by atoms with E-state index in [0.717, 1.165) is 10.8 Å². The van der Waals surface area contributed by atoms with Gasteiger partial charge in [0.2, 0.25) is 0 Å². The Kier molecular flexibility index (Phi) is 7.20. The Labute approximate surface area is 160 Å². The van der Waals surface area contributed by atoms with Gasteiger partial charge in [0.15, 0.2) is 6.23 Å². The Hall–Kier alpha value is -1.03. The van der Waals surface area contributed by atoms with Crippen LogP contribution in [0.15, 0.2) is 17.1 Å². The molecule has 3 unspecified atom stereocenters. The molecule has 1 aromatic heterocycles. The molecule has 6 atom stereocenters. The molecule has 1 aromatic rings. The number of phosphoric acid groups is 3. The summed E-state index contributed by atoms with van der Waals surface area (Å²) >= 11 is 0. The molecule has 0 bridgehead atoms. The Morgan fingerprint density at radius 1 is 1.10 bits per heavy atom. The average Bonchev–Trinajstić information content (AvgIpc) is 2.78. The van der Waals surface area contributed by atoms with Gasteiger partial charge in [0, 0.05) is 6.20 Å². The summed E-state index contributed by atoms with van der Waals surface area (Å²) in [6.07, 6.45) is -5.38. The standard InChI is InChI=1S/C9H16N3O14P3/c10-5-1-2-12(9(15)11-5)8-7(14)6(13)4(24-8)3-23-28(19,20)26-29(21,22)25-27(16,17)18/h1-2,4,6-8,13-14H,3H2,(H,19,20)(H,21,22)(H2,10,11,15)(H2,16,17,18)/t4-,6-,7-,8?/m1/s1. The molecule has 29 heavy (non-hydrogen) atoms. The van der Waals surface area contributed by atoms with E-state index in [1.165, 1.54) is 6.07 Å². The minimum absolute atomic E-state index is 0.122. The summed E-state index contributed by atoms with van der Waals surface area (Å²) in [5.74, 6) is -0.122. The predicted octanol–water partition coefficient (Wildman–Crippen LogP) is -2.21. The minimum Gasteiger partial charge on any atom is -0.387 e. The second kappa shape index (κ2) is 8.61. The van der Waals surface area contributed by atoms with Crippen LogP contribution < -0.4 is 11.4 Å². The summed E-state index contributed by atoms with van der Waals surface area (Å²) in [6, 6.07) is 1.20. The quantitative estimate of drug-likeness (QED) is 0.193. The Bertz CT molecular complexity index is 946. The zero-order valence-corrected chi connectivity index (χ0v) is 16.6. The molecule has 0 radical (unpaired) electrons. The monoisotopic (exact) mass is 483 g/mol. The number of nitrogens with zero attached hydrogens (tertiary/aromatic N) is 2. The van der Waals surface area contributed by atoms with E-state index in [0.29, 0.717) is 0 Å². The second-order valence-corrected chi connectivity index (χ2v) is 9.90. The van der Waals surface area contributed by atoms with Crippen LogP contribution >= 0.6 is 23.5 Å². The first-order chi connectivity index (χ1) is 13.1. The molecule has 17 nitrogen and oxygen atoms in total. The number of nitrogen functional groups attached to an aromatic ring is 1. The highest BCUT2D eigenvalue weighted by atomic mass is 31.3. The topological polar surface area (TPSA) is 270 Å². The van der Waals surface area contributed by atoms with Crippen molar-refractivity contribution >= 4 is 29.3 Å². The molecule has 1 fully saturated rings. The van der Waals surface area contributed by atoms with Gasteiger partial charge in [0.25, 0.3) is 0 Å². The number of rotatable bonds is 8. The van der Waals surface area contributed by atoms with Crippen LogP contribution in [0.5, 0.6) is 0 Å². The third-order valence-corrected chi connectivity index (χ3v) is 7.08. The molecule has 1 aliphatic rings. The SMILES string of the molecule is Nc1ccn(C2O[C@H](COP(=O)(O)OP(=O)(O)OP(=O)(O)O)[C@@H](O)[C@H]2O)c(=O)n1. The number of anilines is 1. The fraction of sp³-hybridized carbons (Fsp3) is 0.556. The molecule has 166 valence electrons. The number of aromatic nitrogens is 2.